The second-order valence-corrected chi connectivity index (χ2v) is 5.03. The maximum absolute atomic E-state index is 11.8. The van der Waals surface area contributed by atoms with E-state index in [1.54, 1.807) is 32.2 Å². The van der Waals surface area contributed by atoms with Gasteiger partial charge >= 0.3 is 5.97 Å². The van der Waals surface area contributed by atoms with Crippen molar-refractivity contribution in [1.29, 1.82) is 0 Å². The largest absolute Gasteiger partial charge is 0.454 e. The number of aromatic nitrogens is 4. The van der Waals surface area contributed by atoms with Crippen molar-refractivity contribution >= 4 is 29.2 Å². The summed E-state index contributed by atoms with van der Waals surface area (Å²) in [5.74, 6) is 0.0892. The van der Waals surface area contributed by atoms with Crippen LogP contribution in [0.3, 0.4) is 0 Å². The first-order chi connectivity index (χ1) is 9.47. The normalized spacial score (nSPS) is 12.2. The highest BCUT2D eigenvalue weighted by Crippen LogP contribution is 2.23. The predicted octanol–water partition coefficient (Wildman–Crippen LogP) is 2.36. The molecule has 0 radical (unpaired) electrons. The van der Waals surface area contributed by atoms with Gasteiger partial charge in [-0.05, 0) is 35.0 Å². The Bertz CT molecular complexity index is 630. The lowest BCUT2D eigenvalue weighted by atomic mass is 10.1. The molecular formula is C12H12Cl2N4O2. The molecule has 1 unspecified atom stereocenters. The highest BCUT2D eigenvalue weighted by molar-refractivity contribution is 6.42. The lowest BCUT2D eigenvalue weighted by Gasteiger charge is -2.11. The highest BCUT2D eigenvalue weighted by atomic mass is 35.5. The molecule has 1 aromatic carbocycles. The second kappa shape index (κ2) is 6.19. The summed E-state index contributed by atoms with van der Waals surface area (Å²) < 4.78 is 6.73. The summed E-state index contributed by atoms with van der Waals surface area (Å²) in [5, 5.41) is 11.8. The number of rotatable bonds is 4. The predicted molar refractivity (Wildman–Crippen MR) is 73.5 cm³/mol. The van der Waals surface area contributed by atoms with E-state index in [0.29, 0.717) is 15.9 Å². The van der Waals surface area contributed by atoms with E-state index in [1.165, 1.54) is 4.68 Å². The number of carbonyl (C=O) groups excluding carboxylic acids is 1. The molecule has 0 spiro atoms. The smallest absolute Gasteiger partial charge is 0.310 e. The molecule has 0 N–H and O–H groups in total. The van der Waals surface area contributed by atoms with Crippen LogP contribution in [0.25, 0.3) is 0 Å². The molecule has 0 saturated carbocycles. The molecule has 6 nitrogen and oxygen atoms in total. The highest BCUT2D eigenvalue weighted by Gasteiger charge is 2.17. The number of benzene rings is 1. The van der Waals surface area contributed by atoms with Crippen molar-refractivity contribution in [2.45, 2.75) is 19.4 Å². The number of esters is 1. The summed E-state index contributed by atoms with van der Waals surface area (Å²) in [6.07, 6.45) is -0.419. The van der Waals surface area contributed by atoms with Crippen LogP contribution in [0, 0.1) is 0 Å². The average Bonchev–Trinajstić information content (AvgIpc) is 2.80. The minimum atomic E-state index is -0.523. The minimum Gasteiger partial charge on any atom is -0.454 e. The van der Waals surface area contributed by atoms with E-state index in [1.807, 2.05) is 0 Å². The minimum absolute atomic E-state index is 0.104. The van der Waals surface area contributed by atoms with Crippen molar-refractivity contribution in [2.24, 2.45) is 7.05 Å². The molecular weight excluding hydrogens is 303 g/mol. The Morgan fingerprint density at radius 3 is 2.75 bits per heavy atom. The number of hydrogen-bond acceptors (Lipinski definition) is 5. The number of hydrogen-bond donors (Lipinski definition) is 0. The number of aryl methyl sites for hydroxylation is 1. The molecule has 2 rings (SSSR count). The molecule has 0 aliphatic carbocycles. The van der Waals surface area contributed by atoms with Gasteiger partial charge < -0.3 is 4.74 Å². The third-order valence-corrected chi connectivity index (χ3v) is 3.40. The zero-order valence-corrected chi connectivity index (χ0v) is 12.4. The van der Waals surface area contributed by atoms with Crippen LogP contribution in [-0.4, -0.2) is 26.2 Å². The van der Waals surface area contributed by atoms with E-state index in [-0.39, 0.29) is 12.4 Å². The zero-order chi connectivity index (χ0) is 14.7. The molecule has 1 aromatic heterocycles. The third kappa shape index (κ3) is 3.46. The quantitative estimate of drug-likeness (QED) is 0.810. The van der Waals surface area contributed by atoms with Gasteiger partial charge in [0.15, 0.2) is 11.9 Å². The standard InChI is InChI=1S/C12H12Cl2N4O2/c1-7(12-15-16-17-18(12)2)20-11(19)6-8-3-4-9(13)10(14)5-8/h3-5,7H,6H2,1-2H3. The molecule has 0 fully saturated rings. The van der Waals surface area contributed by atoms with Gasteiger partial charge in [0.05, 0.1) is 16.5 Å². The Morgan fingerprint density at radius 1 is 1.40 bits per heavy atom. The van der Waals surface area contributed by atoms with Crippen molar-refractivity contribution < 1.29 is 9.53 Å². The van der Waals surface area contributed by atoms with Crippen LogP contribution >= 0.6 is 23.2 Å². The van der Waals surface area contributed by atoms with Gasteiger partial charge in [-0.2, -0.15) is 0 Å². The van der Waals surface area contributed by atoms with Crippen LogP contribution < -0.4 is 0 Å². The van der Waals surface area contributed by atoms with E-state index in [9.17, 15) is 4.79 Å². The number of halogens is 2. The van der Waals surface area contributed by atoms with Crippen LogP contribution in [0.1, 0.15) is 24.4 Å². The Kier molecular flexibility index (Phi) is 4.57. The van der Waals surface area contributed by atoms with Crippen LogP contribution in [0.2, 0.25) is 10.0 Å². The molecule has 2 aromatic rings. The van der Waals surface area contributed by atoms with Crippen molar-refractivity contribution in [3.8, 4) is 0 Å². The van der Waals surface area contributed by atoms with E-state index in [4.69, 9.17) is 27.9 Å². The van der Waals surface area contributed by atoms with Gasteiger partial charge in [0.1, 0.15) is 0 Å². The molecule has 106 valence electrons. The van der Waals surface area contributed by atoms with E-state index in [0.717, 1.165) is 5.56 Å². The first-order valence-corrected chi connectivity index (χ1v) is 6.58. The Labute approximate surface area is 125 Å². The fraction of sp³-hybridized carbons (Fsp3) is 0.333. The molecule has 0 bridgehead atoms. The maximum atomic E-state index is 11.8. The van der Waals surface area contributed by atoms with Gasteiger partial charge in [-0.3, -0.25) is 4.79 Å². The first kappa shape index (κ1) is 14.7. The maximum Gasteiger partial charge on any atom is 0.310 e. The van der Waals surface area contributed by atoms with Gasteiger partial charge in [-0.1, -0.05) is 29.3 Å². The molecule has 0 aliphatic rings. The van der Waals surface area contributed by atoms with Gasteiger partial charge in [-0.25, -0.2) is 4.68 Å². The van der Waals surface area contributed by atoms with Crippen molar-refractivity contribution in [2.75, 3.05) is 0 Å². The fourth-order valence-electron chi connectivity index (χ4n) is 1.69. The number of carbonyl (C=O) groups is 1. The van der Waals surface area contributed by atoms with Crippen LogP contribution in [-0.2, 0) is 23.0 Å². The van der Waals surface area contributed by atoms with Gasteiger partial charge in [-0.15, -0.1) is 5.10 Å². The van der Waals surface area contributed by atoms with Crippen molar-refractivity contribution in [3.63, 3.8) is 0 Å². The van der Waals surface area contributed by atoms with Crippen LogP contribution in [0.15, 0.2) is 18.2 Å². The van der Waals surface area contributed by atoms with Gasteiger partial charge in [0.2, 0.25) is 0 Å². The van der Waals surface area contributed by atoms with Crippen LogP contribution in [0.4, 0.5) is 0 Å². The molecule has 20 heavy (non-hydrogen) atoms. The van der Waals surface area contributed by atoms with Crippen molar-refractivity contribution in [1.82, 2.24) is 20.2 Å². The SMILES string of the molecule is CC(OC(=O)Cc1ccc(Cl)c(Cl)c1)c1nnnn1C. The fourth-order valence-corrected chi connectivity index (χ4v) is 2.01. The molecule has 1 heterocycles. The molecule has 1 atom stereocenters. The van der Waals surface area contributed by atoms with E-state index < -0.39 is 6.10 Å². The Hall–Kier alpha value is -1.66. The lowest BCUT2D eigenvalue weighted by Crippen LogP contribution is -2.14. The zero-order valence-electron chi connectivity index (χ0n) is 10.9. The topological polar surface area (TPSA) is 69.9 Å². The van der Waals surface area contributed by atoms with Crippen LogP contribution in [0.5, 0.6) is 0 Å². The van der Waals surface area contributed by atoms with Gasteiger partial charge in [0.25, 0.3) is 0 Å². The number of ether oxygens (including phenoxy) is 1. The molecule has 0 aliphatic heterocycles. The third-order valence-electron chi connectivity index (χ3n) is 2.66. The number of tetrazole rings is 1. The summed E-state index contributed by atoms with van der Waals surface area (Å²) >= 11 is 11.7. The first-order valence-electron chi connectivity index (χ1n) is 5.83. The Morgan fingerprint density at radius 2 is 2.15 bits per heavy atom. The second-order valence-electron chi connectivity index (χ2n) is 4.22. The monoisotopic (exact) mass is 314 g/mol. The average molecular weight is 315 g/mol. The van der Waals surface area contributed by atoms with E-state index in [2.05, 4.69) is 15.5 Å². The summed E-state index contributed by atoms with van der Waals surface area (Å²) in [6.45, 7) is 1.71. The number of nitrogens with zero attached hydrogens (tertiary/aromatic N) is 4. The molecule has 0 amide bonds. The van der Waals surface area contributed by atoms with E-state index >= 15 is 0 Å². The summed E-state index contributed by atoms with van der Waals surface area (Å²) in [6, 6.07) is 5.01. The summed E-state index contributed by atoms with van der Waals surface area (Å²) in [4.78, 5) is 11.8. The van der Waals surface area contributed by atoms with Crippen molar-refractivity contribution in [3.05, 3.63) is 39.6 Å². The Balaban J connectivity index is 1.99. The molecule has 8 heteroatoms. The lowest BCUT2D eigenvalue weighted by molar-refractivity contribution is -0.148. The molecule has 0 saturated heterocycles. The summed E-state index contributed by atoms with van der Waals surface area (Å²) in [7, 11) is 1.68. The van der Waals surface area contributed by atoms with Gasteiger partial charge in [0, 0.05) is 7.05 Å². The summed E-state index contributed by atoms with van der Waals surface area (Å²) in [5.41, 5.74) is 0.729.